The third kappa shape index (κ3) is 2.44. The average molecular weight is 290 g/mol. The molecule has 2 aromatic carbocycles. The van der Waals surface area contributed by atoms with Gasteiger partial charge in [0.15, 0.2) is 0 Å². The molecule has 1 aromatic heterocycles. The van der Waals surface area contributed by atoms with E-state index in [2.05, 4.69) is 71.4 Å². The molecule has 1 saturated heterocycles. The lowest BCUT2D eigenvalue weighted by molar-refractivity contribution is 0.327. The number of benzene rings is 2. The molecule has 0 amide bonds. The summed E-state index contributed by atoms with van der Waals surface area (Å²) in [6, 6.07) is 19.5. The van der Waals surface area contributed by atoms with Gasteiger partial charge in [0.1, 0.15) is 0 Å². The van der Waals surface area contributed by atoms with E-state index < -0.39 is 0 Å². The predicted octanol–water partition coefficient (Wildman–Crippen LogP) is 4.47. The molecule has 2 heteroatoms. The predicted molar refractivity (Wildman–Crippen MR) is 92.1 cm³/mol. The quantitative estimate of drug-likeness (QED) is 0.754. The molecule has 0 spiro atoms. The number of hydrogen-bond acceptors (Lipinski definition) is 1. The second-order valence-corrected chi connectivity index (χ2v) is 6.42. The number of fused-ring (bicyclic) bond motifs is 1. The Morgan fingerprint density at radius 3 is 2.68 bits per heavy atom. The normalized spacial score (nSPS) is 19.0. The molecule has 1 fully saturated rings. The topological polar surface area (TPSA) is 19.0 Å². The Balaban J connectivity index is 1.56. The fourth-order valence-corrected chi connectivity index (χ4v) is 3.88. The van der Waals surface area contributed by atoms with Crippen molar-refractivity contribution in [3.63, 3.8) is 0 Å². The van der Waals surface area contributed by atoms with Gasteiger partial charge in [0.05, 0.1) is 0 Å². The fourth-order valence-electron chi connectivity index (χ4n) is 3.88. The van der Waals surface area contributed by atoms with E-state index in [1.54, 1.807) is 0 Å². The first kappa shape index (κ1) is 13.6. The summed E-state index contributed by atoms with van der Waals surface area (Å²) in [5, 5.41) is 1.41. The fraction of sp³-hybridized carbons (Fsp3) is 0.300. The van der Waals surface area contributed by atoms with Crippen molar-refractivity contribution in [2.24, 2.45) is 0 Å². The molecule has 1 aliphatic heterocycles. The number of rotatable bonds is 3. The minimum Gasteiger partial charge on any atom is -0.358 e. The van der Waals surface area contributed by atoms with E-state index in [1.807, 2.05) is 0 Å². The summed E-state index contributed by atoms with van der Waals surface area (Å²) in [7, 11) is 0. The summed E-state index contributed by atoms with van der Waals surface area (Å²) in [5.41, 5.74) is 5.56. The molecule has 22 heavy (non-hydrogen) atoms. The van der Waals surface area contributed by atoms with Crippen LogP contribution in [0.2, 0.25) is 0 Å². The van der Waals surface area contributed by atoms with Crippen LogP contribution in [0.15, 0.2) is 54.6 Å². The first-order valence-corrected chi connectivity index (χ1v) is 8.15. The van der Waals surface area contributed by atoms with Crippen LogP contribution in [-0.4, -0.2) is 23.0 Å². The standard InChI is InChI=1S/C20H22N2/c1-15-20(18-9-5-6-10-19(18)21-15)17-11-12-22(14-17)13-16-7-3-2-4-8-16/h2-10,17,21H,11-14H2,1H3. The molecule has 3 aromatic rings. The van der Waals surface area contributed by atoms with Crippen LogP contribution in [0.3, 0.4) is 0 Å². The van der Waals surface area contributed by atoms with Gasteiger partial charge in [-0.25, -0.2) is 0 Å². The number of likely N-dealkylation sites (tertiary alicyclic amines) is 1. The zero-order chi connectivity index (χ0) is 14.9. The zero-order valence-electron chi connectivity index (χ0n) is 13.0. The van der Waals surface area contributed by atoms with Crippen molar-refractivity contribution >= 4 is 10.9 Å². The van der Waals surface area contributed by atoms with Crippen LogP contribution in [0.25, 0.3) is 10.9 Å². The van der Waals surface area contributed by atoms with Crippen molar-refractivity contribution in [1.29, 1.82) is 0 Å². The Labute approximate surface area is 131 Å². The molecule has 1 atom stereocenters. The SMILES string of the molecule is Cc1[nH]c2ccccc2c1C1CCN(Cc2ccccc2)C1. The summed E-state index contributed by atoms with van der Waals surface area (Å²) in [4.78, 5) is 6.13. The van der Waals surface area contributed by atoms with Crippen LogP contribution in [0.4, 0.5) is 0 Å². The Morgan fingerprint density at radius 2 is 1.82 bits per heavy atom. The lowest BCUT2D eigenvalue weighted by Crippen LogP contribution is -2.19. The van der Waals surface area contributed by atoms with Gasteiger partial charge < -0.3 is 4.98 Å². The largest absolute Gasteiger partial charge is 0.358 e. The lowest BCUT2D eigenvalue weighted by Gasteiger charge is -2.16. The van der Waals surface area contributed by atoms with Crippen molar-refractivity contribution < 1.29 is 0 Å². The molecular weight excluding hydrogens is 268 g/mol. The summed E-state index contributed by atoms with van der Waals surface area (Å²) < 4.78 is 0. The number of aryl methyl sites for hydroxylation is 1. The molecule has 1 N–H and O–H groups in total. The minimum atomic E-state index is 0.653. The molecule has 0 saturated carbocycles. The highest BCUT2D eigenvalue weighted by Crippen LogP contribution is 2.35. The Bertz CT molecular complexity index is 773. The molecule has 1 unspecified atom stereocenters. The first-order valence-electron chi connectivity index (χ1n) is 8.15. The van der Waals surface area contributed by atoms with E-state index in [4.69, 9.17) is 0 Å². The van der Waals surface area contributed by atoms with E-state index in [-0.39, 0.29) is 0 Å². The molecule has 2 nitrogen and oxygen atoms in total. The smallest absolute Gasteiger partial charge is 0.0458 e. The molecule has 0 bridgehead atoms. The van der Waals surface area contributed by atoms with Crippen molar-refractivity contribution in [3.05, 3.63) is 71.4 Å². The van der Waals surface area contributed by atoms with Crippen molar-refractivity contribution in [1.82, 2.24) is 9.88 Å². The van der Waals surface area contributed by atoms with E-state index in [1.165, 1.54) is 40.7 Å². The first-order chi connectivity index (χ1) is 10.8. The number of nitrogens with zero attached hydrogens (tertiary/aromatic N) is 1. The molecular formula is C20H22N2. The van der Waals surface area contributed by atoms with E-state index in [9.17, 15) is 0 Å². The van der Waals surface area contributed by atoms with Gasteiger partial charge in [0, 0.05) is 35.6 Å². The lowest BCUT2D eigenvalue weighted by atomic mass is 9.95. The number of aromatic nitrogens is 1. The van der Waals surface area contributed by atoms with Gasteiger partial charge in [0.2, 0.25) is 0 Å². The molecule has 2 heterocycles. The maximum absolute atomic E-state index is 3.55. The summed E-state index contributed by atoms with van der Waals surface area (Å²) >= 11 is 0. The highest BCUT2D eigenvalue weighted by molar-refractivity contribution is 5.85. The van der Waals surface area contributed by atoms with Gasteiger partial charge >= 0.3 is 0 Å². The third-order valence-electron chi connectivity index (χ3n) is 4.87. The van der Waals surface area contributed by atoms with Crippen LogP contribution >= 0.6 is 0 Å². The van der Waals surface area contributed by atoms with E-state index in [0.717, 1.165) is 13.1 Å². The highest BCUT2D eigenvalue weighted by Gasteiger charge is 2.27. The molecule has 4 rings (SSSR count). The van der Waals surface area contributed by atoms with Gasteiger partial charge in [-0.05, 0) is 37.1 Å². The Morgan fingerprint density at radius 1 is 1.05 bits per heavy atom. The number of hydrogen-bond donors (Lipinski definition) is 1. The van der Waals surface area contributed by atoms with Crippen molar-refractivity contribution in [3.8, 4) is 0 Å². The molecule has 0 radical (unpaired) electrons. The van der Waals surface area contributed by atoms with E-state index in [0.29, 0.717) is 5.92 Å². The number of aromatic amines is 1. The van der Waals surface area contributed by atoms with Gasteiger partial charge in [-0.3, -0.25) is 4.90 Å². The summed E-state index contributed by atoms with van der Waals surface area (Å²) in [5.74, 6) is 0.653. The van der Waals surface area contributed by atoms with Gasteiger partial charge in [0.25, 0.3) is 0 Å². The molecule has 0 aliphatic carbocycles. The van der Waals surface area contributed by atoms with Crippen LogP contribution in [-0.2, 0) is 6.54 Å². The number of nitrogens with one attached hydrogen (secondary N) is 1. The second-order valence-electron chi connectivity index (χ2n) is 6.42. The maximum atomic E-state index is 3.55. The summed E-state index contributed by atoms with van der Waals surface area (Å²) in [6.07, 6.45) is 1.26. The zero-order valence-corrected chi connectivity index (χ0v) is 13.0. The van der Waals surface area contributed by atoms with Crippen LogP contribution in [0, 0.1) is 6.92 Å². The molecule has 1 aliphatic rings. The van der Waals surface area contributed by atoms with Gasteiger partial charge in [-0.1, -0.05) is 48.5 Å². The molecule has 112 valence electrons. The Hall–Kier alpha value is -2.06. The highest BCUT2D eigenvalue weighted by atomic mass is 15.1. The maximum Gasteiger partial charge on any atom is 0.0458 e. The van der Waals surface area contributed by atoms with Crippen molar-refractivity contribution in [2.75, 3.05) is 13.1 Å². The second kappa shape index (κ2) is 5.62. The summed E-state index contributed by atoms with van der Waals surface area (Å²) in [6.45, 7) is 5.64. The van der Waals surface area contributed by atoms with Crippen LogP contribution < -0.4 is 0 Å². The Kier molecular flexibility index (Phi) is 3.47. The number of para-hydroxylation sites is 1. The monoisotopic (exact) mass is 290 g/mol. The minimum absolute atomic E-state index is 0.653. The third-order valence-corrected chi connectivity index (χ3v) is 4.87. The van der Waals surface area contributed by atoms with Crippen LogP contribution in [0.5, 0.6) is 0 Å². The van der Waals surface area contributed by atoms with Gasteiger partial charge in [-0.2, -0.15) is 0 Å². The van der Waals surface area contributed by atoms with Crippen molar-refractivity contribution in [2.45, 2.75) is 25.8 Å². The average Bonchev–Trinajstić information content (AvgIpc) is 3.11. The number of H-pyrrole nitrogens is 1. The van der Waals surface area contributed by atoms with Crippen LogP contribution in [0.1, 0.15) is 29.2 Å². The van der Waals surface area contributed by atoms with E-state index >= 15 is 0 Å². The van der Waals surface area contributed by atoms with Gasteiger partial charge in [-0.15, -0.1) is 0 Å².